The van der Waals surface area contributed by atoms with Crippen molar-refractivity contribution in [2.75, 3.05) is 0 Å². The number of rotatable bonds is 3. The molecule has 1 aromatic heterocycles. The average molecular weight is 236 g/mol. The SMILES string of the molecule is CC(C)Oc1nc2c(cc1C(N)=S)CCC2. The number of hydrogen-bond donors (Lipinski definition) is 1. The zero-order chi connectivity index (χ0) is 11.7. The van der Waals surface area contributed by atoms with Crippen LogP contribution >= 0.6 is 12.2 Å². The van der Waals surface area contributed by atoms with Crippen LogP contribution in [0.2, 0.25) is 0 Å². The van der Waals surface area contributed by atoms with Crippen LogP contribution in [-0.2, 0) is 12.8 Å². The van der Waals surface area contributed by atoms with Crippen molar-refractivity contribution in [2.24, 2.45) is 5.73 Å². The van der Waals surface area contributed by atoms with Gasteiger partial charge in [-0.25, -0.2) is 4.98 Å². The lowest BCUT2D eigenvalue weighted by Gasteiger charge is -2.14. The second kappa shape index (κ2) is 4.37. The normalized spacial score (nSPS) is 13.9. The van der Waals surface area contributed by atoms with Gasteiger partial charge in [0, 0.05) is 5.69 Å². The van der Waals surface area contributed by atoms with E-state index in [1.807, 2.05) is 19.9 Å². The molecule has 0 unspecified atom stereocenters. The molecule has 0 aromatic carbocycles. The summed E-state index contributed by atoms with van der Waals surface area (Å²) in [5.74, 6) is 0.586. The van der Waals surface area contributed by atoms with Gasteiger partial charge in [-0.3, -0.25) is 0 Å². The molecule has 1 aliphatic carbocycles. The molecule has 0 atom stereocenters. The first-order valence-corrected chi connectivity index (χ1v) is 5.98. The van der Waals surface area contributed by atoms with Gasteiger partial charge in [0.15, 0.2) is 0 Å². The molecule has 1 aromatic rings. The molecule has 1 aliphatic rings. The van der Waals surface area contributed by atoms with Gasteiger partial charge in [0.2, 0.25) is 5.88 Å². The van der Waals surface area contributed by atoms with Crippen molar-refractivity contribution in [1.29, 1.82) is 0 Å². The number of hydrogen-bond acceptors (Lipinski definition) is 3. The molecule has 0 amide bonds. The molecule has 0 fully saturated rings. The first-order valence-electron chi connectivity index (χ1n) is 5.57. The van der Waals surface area contributed by atoms with Crippen LogP contribution in [0.15, 0.2) is 6.07 Å². The molecule has 0 radical (unpaired) electrons. The van der Waals surface area contributed by atoms with Crippen LogP contribution in [0.5, 0.6) is 5.88 Å². The Balaban J connectivity index is 2.44. The molecule has 0 spiro atoms. The Bertz CT molecular complexity index is 429. The smallest absolute Gasteiger partial charge is 0.224 e. The molecule has 4 heteroatoms. The molecule has 0 saturated carbocycles. The van der Waals surface area contributed by atoms with E-state index < -0.39 is 0 Å². The maximum absolute atomic E-state index is 5.70. The van der Waals surface area contributed by atoms with Gasteiger partial charge in [-0.05, 0) is 44.7 Å². The van der Waals surface area contributed by atoms with Crippen molar-refractivity contribution in [1.82, 2.24) is 4.98 Å². The van der Waals surface area contributed by atoms with Crippen LogP contribution in [0.3, 0.4) is 0 Å². The molecule has 1 heterocycles. The summed E-state index contributed by atoms with van der Waals surface area (Å²) in [5.41, 5.74) is 8.86. The number of aromatic nitrogens is 1. The van der Waals surface area contributed by atoms with Crippen molar-refractivity contribution in [3.8, 4) is 5.88 Å². The minimum absolute atomic E-state index is 0.0834. The van der Waals surface area contributed by atoms with E-state index in [9.17, 15) is 0 Å². The topological polar surface area (TPSA) is 48.1 Å². The van der Waals surface area contributed by atoms with Crippen molar-refractivity contribution >= 4 is 17.2 Å². The highest BCUT2D eigenvalue weighted by Gasteiger charge is 2.18. The number of pyridine rings is 1. The average Bonchev–Trinajstić information content (AvgIpc) is 2.62. The van der Waals surface area contributed by atoms with Gasteiger partial charge >= 0.3 is 0 Å². The van der Waals surface area contributed by atoms with Gasteiger partial charge in [-0.15, -0.1) is 0 Å². The molecular formula is C12H16N2OS. The maximum atomic E-state index is 5.70. The third-order valence-corrected chi connectivity index (χ3v) is 2.85. The van der Waals surface area contributed by atoms with Gasteiger partial charge in [0.05, 0.1) is 11.7 Å². The Hall–Kier alpha value is -1.16. The second-order valence-corrected chi connectivity index (χ2v) is 4.77. The molecule has 2 rings (SSSR count). The van der Waals surface area contributed by atoms with Crippen molar-refractivity contribution in [3.05, 3.63) is 22.9 Å². The Kier molecular flexibility index (Phi) is 3.10. The summed E-state index contributed by atoms with van der Waals surface area (Å²) in [5, 5.41) is 0. The predicted octanol–water partition coefficient (Wildman–Crippen LogP) is 1.99. The third-order valence-electron chi connectivity index (χ3n) is 2.63. The molecule has 0 aliphatic heterocycles. The quantitative estimate of drug-likeness (QED) is 0.815. The predicted molar refractivity (Wildman–Crippen MR) is 67.9 cm³/mol. The Morgan fingerprint density at radius 2 is 2.25 bits per heavy atom. The summed E-state index contributed by atoms with van der Waals surface area (Å²) < 4.78 is 5.65. The van der Waals surface area contributed by atoms with E-state index >= 15 is 0 Å². The second-order valence-electron chi connectivity index (χ2n) is 4.33. The summed E-state index contributed by atoms with van der Waals surface area (Å²) in [6.07, 6.45) is 3.34. The Labute approximate surface area is 101 Å². The highest BCUT2D eigenvalue weighted by molar-refractivity contribution is 7.80. The van der Waals surface area contributed by atoms with E-state index in [1.54, 1.807) is 0 Å². The lowest BCUT2D eigenvalue weighted by atomic mass is 10.1. The van der Waals surface area contributed by atoms with Gasteiger partial charge in [-0.1, -0.05) is 12.2 Å². The monoisotopic (exact) mass is 236 g/mol. The van der Waals surface area contributed by atoms with Crippen molar-refractivity contribution in [3.63, 3.8) is 0 Å². The minimum Gasteiger partial charge on any atom is -0.474 e. The Morgan fingerprint density at radius 1 is 1.50 bits per heavy atom. The van der Waals surface area contributed by atoms with Crippen molar-refractivity contribution < 1.29 is 4.74 Å². The number of ether oxygens (including phenoxy) is 1. The van der Waals surface area contributed by atoms with Crippen LogP contribution in [-0.4, -0.2) is 16.1 Å². The number of thiocarbonyl (C=S) groups is 1. The summed E-state index contributed by atoms with van der Waals surface area (Å²) in [7, 11) is 0. The van der Waals surface area contributed by atoms with E-state index in [-0.39, 0.29) is 6.10 Å². The lowest BCUT2D eigenvalue weighted by molar-refractivity contribution is 0.231. The highest BCUT2D eigenvalue weighted by Crippen LogP contribution is 2.27. The van der Waals surface area contributed by atoms with Crippen LogP contribution in [0.4, 0.5) is 0 Å². The molecule has 86 valence electrons. The Morgan fingerprint density at radius 3 is 2.88 bits per heavy atom. The highest BCUT2D eigenvalue weighted by atomic mass is 32.1. The number of aryl methyl sites for hydroxylation is 2. The third kappa shape index (κ3) is 2.16. The van der Waals surface area contributed by atoms with Gasteiger partial charge in [0.25, 0.3) is 0 Å². The summed E-state index contributed by atoms with van der Waals surface area (Å²) in [6, 6.07) is 2.04. The van der Waals surface area contributed by atoms with Crippen LogP contribution in [0.25, 0.3) is 0 Å². The number of fused-ring (bicyclic) bond motifs is 1. The van der Waals surface area contributed by atoms with Crippen molar-refractivity contribution in [2.45, 2.75) is 39.2 Å². The van der Waals surface area contributed by atoms with E-state index in [1.165, 1.54) is 5.56 Å². The van der Waals surface area contributed by atoms with E-state index in [0.717, 1.165) is 30.5 Å². The molecule has 16 heavy (non-hydrogen) atoms. The minimum atomic E-state index is 0.0834. The number of nitrogens with zero attached hydrogens (tertiary/aromatic N) is 1. The van der Waals surface area contributed by atoms with Gasteiger partial charge in [-0.2, -0.15) is 0 Å². The molecule has 0 bridgehead atoms. The van der Waals surface area contributed by atoms with Crippen LogP contribution in [0.1, 0.15) is 37.1 Å². The standard InChI is InChI=1S/C12H16N2OS/c1-7(2)15-12-9(11(13)16)6-8-4-3-5-10(8)14-12/h6-7H,3-5H2,1-2H3,(H2,13,16). The molecule has 0 saturated heterocycles. The first-order chi connectivity index (χ1) is 7.58. The zero-order valence-electron chi connectivity index (χ0n) is 9.62. The fourth-order valence-corrected chi connectivity index (χ4v) is 2.09. The summed E-state index contributed by atoms with van der Waals surface area (Å²) in [4.78, 5) is 4.88. The fraction of sp³-hybridized carbons (Fsp3) is 0.500. The van der Waals surface area contributed by atoms with E-state index in [2.05, 4.69) is 4.98 Å². The van der Waals surface area contributed by atoms with Crippen LogP contribution < -0.4 is 10.5 Å². The molecule has 3 nitrogen and oxygen atoms in total. The molecule has 2 N–H and O–H groups in total. The largest absolute Gasteiger partial charge is 0.474 e. The lowest BCUT2D eigenvalue weighted by Crippen LogP contribution is -2.16. The fourth-order valence-electron chi connectivity index (χ4n) is 1.94. The van der Waals surface area contributed by atoms with Gasteiger partial charge < -0.3 is 10.5 Å². The van der Waals surface area contributed by atoms with Crippen LogP contribution in [0, 0.1) is 0 Å². The van der Waals surface area contributed by atoms with Gasteiger partial charge in [0.1, 0.15) is 4.99 Å². The first kappa shape index (κ1) is 11.3. The van der Waals surface area contributed by atoms with E-state index in [0.29, 0.717) is 10.9 Å². The zero-order valence-corrected chi connectivity index (χ0v) is 10.4. The molecular weight excluding hydrogens is 220 g/mol. The van der Waals surface area contributed by atoms with E-state index in [4.69, 9.17) is 22.7 Å². The number of nitrogens with two attached hydrogens (primary N) is 1. The summed E-state index contributed by atoms with van der Waals surface area (Å²) >= 11 is 5.03. The summed E-state index contributed by atoms with van der Waals surface area (Å²) in [6.45, 7) is 3.94. The maximum Gasteiger partial charge on any atom is 0.224 e.